The van der Waals surface area contributed by atoms with Gasteiger partial charge < -0.3 is 4.57 Å². The summed E-state index contributed by atoms with van der Waals surface area (Å²) in [6.07, 6.45) is 2.55. The second kappa shape index (κ2) is 8.55. The molecule has 1 aliphatic heterocycles. The Morgan fingerprint density at radius 1 is 0.938 bits per heavy atom. The number of anilines is 1. The maximum Gasteiger partial charge on any atom is 0.270 e. The Morgan fingerprint density at radius 2 is 1.56 bits per heavy atom. The van der Waals surface area contributed by atoms with Crippen LogP contribution in [-0.4, -0.2) is 21.5 Å². The van der Waals surface area contributed by atoms with Crippen LogP contribution in [-0.2, 0) is 16.0 Å². The first-order valence-electron chi connectivity index (χ1n) is 10.6. The van der Waals surface area contributed by atoms with Crippen LogP contribution in [0.4, 0.5) is 5.69 Å². The molecule has 162 valence electrons. The van der Waals surface area contributed by atoms with Gasteiger partial charge in [0.25, 0.3) is 11.8 Å². The van der Waals surface area contributed by atoms with Crippen molar-refractivity contribution in [3.8, 4) is 5.69 Å². The molecule has 6 heteroatoms. The molecule has 0 radical (unpaired) electrons. The molecular weight excluding hydrogens is 418 g/mol. The van der Waals surface area contributed by atoms with E-state index in [4.69, 9.17) is 12.2 Å². The number of carbonyl (C=O) groups excluding carboxylic acids is 2. The molecule has 2 amide bonds. The lowest BCUT2D eigenvalue weighted by Crippen LogP contribution is -2.54. The molecule has 1 aliphatic rings. The van der Waals surface area contributed by atoms with E-state index >= 15 is 0 Å². The molecule has 0 aliphatic carbocycles. The van der Waals surface area contributed by atoms with Crippen LogP contribution in [0.2, 0.25) is 0 Å². The van der Waals surface area contributed by atoms with Gasteiger partial charge in [0, 0.05) is 17.1 Å². The highest BCUT2D eigenvalue weighted by Crippen LogP contribution is 2.26. The lowest BCUT2D eigenvalue weighted by atomic mass is 10.1. The zero-order chi connectivity index (χ0) is 23.0. The third-order valence-corrected chi connectivity index (χ3v) is 6.05. The van der Waals surface area contributed by atoms with Crippen LogP contribution in [0.25, 0.3) is 11.8 Å². The van der Waals surface area contributed by atoms with Crippen LogP contribution in [0.3, 0.4) is 0 Å². The van der Waals surface area contributed by atoms with Gasteiger partial charge in [0.15, 0.2) is 5.11 Å². The first-order valence-corrected chi connectivity index (χ1v) is 11.0. The number of nitrogens with one attached hydrogen (secondary N) is 1. The Bertz CT molecular complexity index is 1250. The smallest absolute Gasteiger partial charge is 0.270 e. The highest BCUT2D eigenvalue weighted by atomic mass is 32.1. The summed E-state index contributed by atoms with van der Waals surface area (Å²) in [5, 5.41) is 2.75. The zero-order valence-corrected chi connectivity index (χ0v) is 19.4. The number of amides is 2. The van der Waals surface area contributed by atoms with Gasteiger partial charge in [-0.05, 0) is 86.9 Å². The number of aromatic nitrogens is 1. The number of benzene rings is 2. The van der Waals surface area contributed by atoms with Crippen LogP contribution in [0, 0.1) is 20.8 Å². The van der Waals surface area contributed by atoms with Crippen molar-refractivity contribution in [1.82, 2.24) is 9.88 Å². The topological polar surface area (TPSA) is 54.3 Å². The monoisotopic (exact) mass is 443 g/mol. The Morgan fingerprint density at radius 3 is 2.19 bits per heavy atom. The van der Waals surface area contributed by atoms with Crippen LogP contribution in [0.15, 0.2) is 60.2 Å². The first kappa shape index (κ1) is 21.7. The average molecular weight is 444 g/mol. The van der Waals surface area contributed by atoms with Crippen LogP contribution in [0.1, 0.15) is 35.0 Å². The predicted molar refractivity (Wildman–Crippen MR) is 132 cm³/mol. The molecule has 5 nitrogen and oxygen atoms in total. The summed E-state index contributed by atoms with van der Waals surface area (Å²) in [5.74, 6) is -0.912. The van der Waals surface area contributed by atoms with Crippen molar-refractivity contribution in [2.75, 3.05) is 4.90 Å². The van der Waals surface area contributed by atoms with E-state index in [1.54, 1.807) is 6.08 Å². The number of nitrogens with zero attached hydrogens (tertiary/aromatic N) is 2. The van der Waals surface area contributed by atoms with Gasteiger partial charge in [-0.15, -0.1) is 0 Å². The summed E-state index contributed by atoms with van der Waals surface area (Å²) in [7, 11) is 0. The average Bonchev–Trinajstić information content (AvgIpc) is 3.05. The Kier molecular flexibility index (Phi) is 5.80. The van der Waals surface area contributed by atoms with Gasteiger partial charge in [-0.3, -0.25) is 19.8 Å². The Balaban J connectivity index is 1.73. The van der Waals surface area contributed by atoms with Crippen LogP contribution >= 0.6 is 12.2 Å². The molecule has 0 unspecified atom stereocenters. The van der Waals surface area contributed by atoms with E-state index in [1.807, 2.05) is 51.1 Å². The normalized spacial score (nSPS) is 15.4. The summed E-state index contributed by atoms with van der Waals surface area (Å²) in [4.78, 5) is 27.4. The molecule has 1 aromatic heterocycles. The maximum atomic E-state index is 13.3. The summed E-state index contributed by atoms with van der Waals surface area (Å²) < 4.78 is 2.11. The number of aryl methyl sites for hydroxylation is 3. The molecule has 1 fully saturated rings. The predicted octanol–water partition coefficient (Wildman–Crippen LogP) is 4.80. The van der Waals surface area contributed by atoms with Gasteiger partial charge in [0.2, 0.25) is 0 Å². The van der Waals surface area contributed by atoms with Crippen molar-refractivity contribution in [3.63, 3.8) is 0 Å². The molecular formula is C26H25N3O2S. The van der Waals surface area contributed by atoms with E-state index in [9.17, 15) is 9.59 Å². The molecule has 0 spiro atoms. The van der Waals surface area contributed by atoms with E-state index in [0.29, 0.717) is 5.69 Å². The Hall–Kier alpha value is -3.51. The van der Waals surface area contributed by atoms with E-state index in [1.165, 1.54) is 10.5 Å². The molecule has 0 bridgehead atoms. The lowest BCUT2D eigenvalue weighted by Gasteiger charge is -2.29. The van der Waals surface area contributed by atoms with Gasteiger partial charge in [0.05, 0.1) is 5.69 Å². The quantitative estimate of drug-likeness (QED) is 0.358. The summed E-state index contributed by atoms with van der Waals surface area (Å²) >= 11 is 5.31. The summed E-state index contributed by atoms with van der Waals surface area (Å²) in [6.45, 7) is 8.11. The molecule has 0 saturated carbocycles. The number of rotatable bonds is 4. The van der Waals surface area contributed by atoms with Crippen molar-refractivity contribution >= 4 is 40.9 Å². The molecule has 32 heavy (non-hydrogen) atoms. The van der Waals surface area contributed by atoms with Gasteiger partial charge in [0.1, 0.15) is 5.57 Å². The molecule has 0 atom stereocenters. The number of hydrogen-bond donors (Lipinski definition) is 1. The fourth-order valence-electron chi connectivity index (χ4n) is 3.95. The first-order chi connectivity index (χ1) is 15.3. The third kappa shape index (κ3) is 3.89. The van der Waals surface area contributed by atoms with E-state index in [-0.39, 0.29) is 10.7 Å². The van der Waals surface area contributed by atoms with Crippen molar-refractivity contribution in [1.29, 1.82) is 0 Å². The highest BCUT2D eigenvalue weighted by Gasteiger charge is 2.34. The van der Waals surface area contributed by atoms with Gasteiger partial charge in [-0.25, -0.2) is 0 Å². The lowest BCUT2D eigenvalue weighted by molar-refractivity contribution is -0.122. The summed E-state index contributed by atoms with van der Waals surface area (Å²) in [6, 6.07) is 17.8. The third-order valence-electron chi connectivity index (χ3n) is 5.77. The minimum atomic E-state index is -0.485. The van der Waals surface area contributed by atoms with Crippen molar-refractivity contribution in [2.45, 2.75) is 34.1 Å². The SMILES string of the molecule is CCc1ccc(N2C(=O)C(=Cc3cc(C)n(-c4ccc(C)cc4)c3C)C(=O)NC2=S)cc1. The molecule has 2 heterocycles. The minimum absolute atomic E-state index is 0.0577. The molecule has 2 aromatic carbocycles. The largest absolute Gasteiger partial charge is 0.318 e. The van der Waals surface area contributed by atoms with Crippen LogP contribution < -0.4 is 10.2 Å². The second-order valence-corrected chi connectivity index (χ2v) is 8.36. The number of carbonyl (C=O) groups is 2. The van der Waals surface area contributed by atoms with Crippen molar-refractivity contribution < 1.29 is 9.59 Å². The van der Waals surface area contributed by atoms with Crippen molar-refractivity contribution in [2.24, 2.45) is 0 Å². The molecule has 1 N–H and O–H groups in total. The van der Waals surface area contributed by atoms with Crippen molar-refractivity contribution in [3.05, 3.63) is 88.2 Å². The van der Waals surface area contributed by atoms with E-state index in [0.717, 1.165) is 34.6 Å². The highest BCUT2D eigenvalue weighted by molar-refractivity contribution is 7.80. The molecule has 4 rings (SSSR count). The van der Waals surface area contributed by atoms with Gasteiger partial charge in [-0.1, -0.05) is 36.8 Å². The summed E-state index contributed by atoms with van der Waals surface area (Å²) in [5.41, 5.74) is 6.86. The van der Waals surface area contributed by atoms with Crippen LogP contribution in [0.5, 0.6) is 0 Å². The zero-order valence-electron chi connectivity index (χ0n) is 18.6. The number of hydrogen-bond acceptors (Lipinski definition) is 3. The molecule has 1 saturated heterocycles. The van der Waals surface area contributed by atoms with E-state index in [2.05, 4.69) is 41.1 Å². The minimum Gasteiger partial charge on any atom is -0.318 e. The fraction of sp³-hybridized carbons (Fsp3) is 0.192. The second-order valence-electron chi connectivity index (χ2n) is 7.98. The standard InChI is InChI=1S/C26H25N3O2S/c1-5-19-8-12-22(13-9-19)29-25(31)23(24(30)27-26(29)32)15-20-14-17(3)28(18(20)4)21-10-6-16(2)7-11-21/h6-15H,5H2,1-4H3,(H,27,30,32). The Labute approximate surface area is 193 Å². The van der Waals surface area contributed by atoms with Gasteiger partial charge in [-0.2, -0.15) is 0 Å². The van der Waals surface area contributed by atoms with Gasteiger partial charge >= 0.3 is 0 Å². The molecule has 3 aromatic rings. The number of thiocarbonyl (C=S) groups is 1. The fourth-order valence-corrected chi connectivity index (χ4v) is 4.23. The van der Waals surface area contributed by atoms with E-state index < -0.39 is 11.8 Å². The maximum absolute atomic E-state index is 13.3.